The number of hydrogen-bond acceptors (Lipinski definition) is 3. The first-order valence-electron chi connectivity index (χ1n) is 7.26. The Bertz CT molecular complexity index is 917. The van der Waals surface area contributed by atoms with Crippen molar-refractivity contribution in [3.8, 4) is 0 Å². The van der Waals surface area contributed by atoms with Gasteiger partial charge in [0.25, 0.3) is 0 Å². The molecule has 0 unspecified atom stereocenters. The molecule has 3 nitrogen and oxygen atoms in total. The minimum absolute atomic E-state index is 0.133. The van der Waals surface area contributed by atoms with Gasteiger partial charge >= 0.3 is 5.97 Å². The molecule has 5 heteroatoms. The highest BCUT2D eigenvalue weighted by atomic mass is 35.5. The first kappa shape index (κ1) is 16.5. The molecule has 0 spiro atoms. The van der Waals surface area contributed by atoms with E-state index in [-0.39, 0.29) is 6.61 Å². The van der Waals surface area contributed by atoms with E-state index < -0.39 is 5.97 Å². The number of carbonyl (C=O) groups is 1. The summed E-state index contributed by atoms with van der Waals surface area (Å²) in [4.78, 5) is 16.2. The minimum Gasteiger partial charge on any atom is -0.458 e. The molecule has 1 aromatic heterocycles. The van der Waals surface area contributed by atoms with Crippen LogP contribution in [0.5, 0.6) is 0 Å². The van der Waals surface area contributed by atoms with Gasteiger partial charge in [-0.1, -0.05) is 53.5 Å². The fourth-order valence-electron chi connectivity index (χ4n) is 2.25. The largest absolute Gasteiger partial charge is 0.458 e. The normalized spacial score (nSPS) is 11.1. The average Bonchev–Trinajstić information content (AvgIpc) is 2.61. The van der Waals surface area contributed by atoms with Crippen LogP contribution in [0.15, 0.2) is 60.8 Å². The highest BCUT2D eigenvalue weighted by molar-refractivity contribution is 6.42. The summed E-state index contributed by atoms with van der Waals surface area (Å²) in [7, 11) is 0. The number of fused-ring (bicyclic) bond motifs is 1. The van der Waals surface area contributed by atoms with Gasteiger partial charge in [0.1, 0.15) is 6.61 Å². The van der Waals surface area contributed by atoms with Crippen molar-refractivity contribution >= 4 is 46.2 Å². The van der Waals surface area contributed by atoms with Crippen molar-refractivity contribution in [3.63, 3.8) is 0 Å². The van der Waals surface area contributed by atoms with Crippen LogP contribution < -0.4 is 0 Å². The van der Waals surface area contributed by atoms with Gasteiger partial charge in [0.05, 0.1) is 15.6 Å². The number of halogens is 2. The molecule has 0 aliphatic carbocycles. The zero-order valence-corrected chi connectivity index (χ0v) is 14.1. The maximum atomic E-state index is 11.9. The first-order chi connectivity index (χ1) is 11.6. The van der Waals surface area contributed by atoms with Gasteiger partial charge in [-0.05, 0) is 29.8 Å². The molecule has 0 aliphatic rings. The molecular formula is C19H13Cl2NO2. The van der Waals surface area contributed by atoms with Crippen LogP contribution in [0.2, 0.25) is 10.0 Å². The third-order valence-electron chi connectivity index (χ3n) is 3.43. The standard InChI is InChI=1S/C19H13Cl2NO2/c20-16-8-6-13(11-17(16)21)12-24-18(23)9-7-15-4-1-3-14-5-2-10-22-19(14)15/h1-11H,12H2. The number of nitrogens with zero attached hydrogens (tertiary/aromatic N) is 1. The van der Waals surface area contributed by atoms with E-state index in [9.17, 15) is 4.79 Å². The van der Waals surface area contributed by atoms with E-state index >= 15 is 0 Å². The third-order valence-corrected chi connectivity index (χ3v) is 4.17. The van der Waals surface area contributed by atoms with Gasteiger partial charge in [0.2, 0.25) is 0 Å². The highest BCUT2D eigenvalue weighted by Gasteiger charge is 2.03. The van der Waals surface area contributed by atoms with Gasteiger partial charge in [0, 0.05) is 23.2 Å². The van der Waals surface area contributed by atoms with E-state index in [1.54, 1.807) is 30.5 Å². The molecule has 0 fully saturated rings. The Hall–Kier alpha value is -2.36. The summed E-state index contributed by atoms with van der Waals surface area (Å²) < 4.78 is 5.21. The number of ether oxygens (including phenoxy) is 1. The Morgan fingerprint density at radius 1 is 1.08 bits per heavy atom. The Balaban J connectivity index is 1.67. The molecule has 0 radical (unpaired) electrons. The van der Waals surface area contributed by atoms with Crippen LogP contribution in [0.1, 0.15) is 11.1 Å². The second-order valence-corrected chi connectivity index (χ2v) is 5.93. The van der Waals surface area contributed by atoms with E-state index in [4.69, 9.17) is 27.9 Å². The van der Waals surface area contributed by atoms with Gasteiger partial charge in [0.15, 0.2) is 0 Å². The molecule has 0 saturated carbocycles. The lowest BCUT2D eigenvalue weighted by atomic mass is 10.1. The van der Waals surface area contributed by atoms with Crippen molar-refractivity contribution in [2.75, 3.05) is 0 Å². The molecule has 120 valence electrons. The Labute approximate surface area is 149 Å². The number of esters is 1. The maximum absolute atomic E-state index is 11.9. The van der Waals surface area contributed by atoms with E-state index in [1.165, 1.54) is 6.08 Å². The van der Waals surface area contributed by atoms with Crippen LogP contribution in [0.3, 0.4) is 0 Å². The molecule has 2 aromatic carbocycles. The number of aromatic nitrogens is 1. The van der Waals surface area contributed by atoms with Crippen molar-refractivity contribution in [1.82, 2.24) is 4.98 Å². The molecule has 0 saturated heterocycles. The lowest BCUT2D eigenvalue weighted by molar-refractivity contribution is -0.138. The number of carbonyl (C=O) groups excluding carboxylic acids is 1. The minimum atomic E-state index is -0.436. The molecule has 0 aliphatic heterocycles. The van der Waals surface area contributed by atoms with E-state index in [0.29, 0.717) is 10.0 Å². The van der Waals surface area contributed by atoms with E-state index in [2.05, 4.69) is 4.98 Å². The van der Waals surface area contributed by atoms with Gasteiger partial charge in [-0.15, -0.1) is 0 Å². The summed E-state index contributed by atoms with van der Waals surface area (Å²) in [5.74, 6) is -0.436. The number of pyridine rings is 1. The second-order valence-electron chi connectivity index (χ2n) is 5.11. The summed E-state index contributed by atoms with van der Waals surface area (Å²) in [6.45, 7) is 0.133. The predicted molar refractivity (Wildman–Crippen MR) is 97.0 cm³/mol. The van der Waals surface area contributed by atoms with Crippen molar-refractivity contribution in [2.45, 2.75) is 6.61 Å². The monoisotopic (exact) mass is 357 g/mol. The average molecular weight is 358 g/mol. The Morgan fingerprint density at radius 2 is 1.92 bits per heavy atom. The number of hydrogen-bond donors (Lipinski definition) is 0. The van der Waals surface area contributed by atoms with Crippen LogP contribution in [-0.4, -0.2) is 11.0 Å². The van der Waals surface area contributed by atoms with E-state index in [0.717, 1.165) is 22.0 Å². The van der Waals surface area contributed by atoms with Crippen LogP contribution in [-0.2, 0) is 16.1 Å². The number of rotatable bonds is 4. The molecular weight excluding hydrogens is 345 g/mol. The van der Waals surface area contributed by atoms with Crippen molar-refractivity contribution in [3.05, 3.63) is 82.0 Å². The predicted octanol–water partition coefficient (Wildman–Crippen LogP) is 5.30. The fraction of sp³-hybridized carbons (Fsp3) is 0.0526. The smallest absolute Gasteiger partial charge is 0.331 e. The van der Waals surface area contributed by atoms with Crippen LogP contribution >= 0.6 is 23.2 Å². The summed E-state index contributed by atoms with van der Waals surface area (Å²) in [5.41, 5.74) is 2.48. The van der Waals surface area contributed by atoms with Gasteiger partial charge in [-0.2, -0.15) is 0 Å². The molecule has 0 N–H and O–H groups in total. The van der Waals surface area contributed by atoms with Crippen molar-refractivity contribution in [2.24, 2.45) is 0 Å². The van der Waals surface area contributed by atoms with Crippen LogP contribution in [0, 0.1) is 0 Å². The summed E-state index contributed by atoms with van der Waals surface area (Å²) in [5, 5.41) is 1.92. The number of para-hydroxylation sites is 1. The molecule has 0 bridgehead atoms. The first-order valence-corrected chi connectivity index (χ1v) is 8.01. The van der Waals surface area contributed by atoms with Crippen LogP contribution in [0.4, 0.5) is 0 Å². The van der Waals surface area contributed by atoms with Gasteiger partial charge in [-0.3, -0.25) is 4.98 Å². The molecule has 1 heterocycles. The SMILES string of the molecule is O=C(C=Cc1cccc2cccnc12)OCc1ccc(Cl)c(Cl)c1. The summed E-state index contributed by atoms with van der Waals surface area (Å²) in [6, 6.07) is 14.8. The highest BCUT2D eigenvalue weighted by Crippen LogP contribution is 2.23. The topological polar surface area (TPSA) is 39.2 Å². The van der Waals surface area contributed by atoms with Gasteiger partial charge in [-0.25, -0.2) is 4.79 Å². The molecule has 24 heavy (non-hydrogen) atoms. The van der Waals surface area contributed by atoms with Crippen LogP contribution in [0.25, 0.3) is 17.0 Å². The van der Waals surface area contributed by atoms with Crippen molar-refractivity contribution in [1.29, 1.82) is 0 Å². The molecule has 3 rings (SSSR count). The lowest BCUT2D eigenvalue weighted by Gasteiger charge is -2.04. The third kappa shape index (κ3) is 3.94. The van der Waals surface area contributed by atoms with Gasteiger partial charge < -0.3 is 4.74 Å². The lowest BCUT2D eigenvalue weighted by Crippen LogP contribution is -2.00. The summed E-state index contributed by atoms with van der Waals surface area (Å²) in [6.07, 6.45) is 4.82. The van der Waals surface area contributed by atoms with Crippen molar-refractivity contribution < 1.29 is 9.53 Å². The molecule has 3 aromatic rings. The molecule has 0 atom stereocenters. The number of benzene rings is 2. The zero-order valence-electron chi connectivity index (χ0n) is 12.6. The fourth-order valence-corrected chi connectivity index (χ4v) is 2.57. The second kappa shape index (κ2) is 7.47. The quantitative estimate of drug-likeness (QED) is 0.469. The molecule has 0 amide bonds. The zero-order chi connectivity index (χ0) is 16.9. The Morgan fingerprint density at radius 3 is 2.75 bits per heavy atom. The van der Waals surface area contributed by atoms with E-state index in [1.807, 2.05) is 30.3 Å². The maximum Gasteiger partial charge on any atom is 0.331 e. The Kier molecular flexibility index (Phi) is 5.14. The summed E-state index contributed by atoms with van der Waals surface area (Å²) >= 11 is 11.8.